The fraction of sp³-hybridized carbons (Fsp3) is 0.500. The SMILES string of the molecule is CC[C@H]1CN(C(C)c2ccc(F)cn2)[C@H](CC)CN1c1cc(=O)n(C)c2cn(CC#N)nc12. The highest BCUT2D eigenvalue weighted by molar-refractivity contribution is 5.88. The van der Waals surface area contributed by atoms with Crippen molar-refractivity contribution in [3.05, 3.63) is 52.5 Å². The van der Waals surface area contributed by atoms with E-state index in [0.29, 0.717) is 0 Å². The first kappa shape index (κ1) is 22.9. The fourth-order valence-electron chi connectivity index (χ4n) is 4.87. The van der Waals surface area contributed by atoms with Crippen molar-refractivity contribution < 1.29 is 4.39 Å². The number of anilines is 1. The minimum atomic E-state index is -0.334. The number of halogens is 1. The lowest BCUT2D eigenvalue weighted by Crippen LogP contribution is -2.59. The van der Waals surface area contributed by atoms with Crippen LogP contribution in [0.5, 0.6) is 0 Å². The zero-order chi connectivity index (χ0) is 23.7. The molecule has 0 bridgehead atoms. The predicted octanol–water partition coefficient (Wildman–Crippen LogP) is 3.23. The highest BCUT2D eigenvalue weighted by atomic mass is 19.1. The quantitative estimate of drug-likeness (QED) is 0.572. The third-order valence-electron chi connectivity index (χ3n) is 6.84. The van der Waals surface area contributed by atoms with Crippen LogP contribution < -0.4 is 10.5 Å². The molecule has 0 amide bonds. The molecular weight excluding hydrogens is 421 g/mol. The topological polar surface area (TPSA) is 83.0 Å². The van der Waals surface area contributed by atoms with Gasteiger partial charge in [-0.15, -0.1) is 0 Å². The molecule has 1 aliphatic heterocycles. The summed E-state index contributed by atoms with van der Waals surface area (Å²) in [6.45, 7) is 8.10. The molecule has 0 spiro atoms. The second-order valence-electron chi connectivity index (χ2n) is 8.70. The Morgan fingerprint density at radius 3 is 2.64 bits per heavy atom. The molecule has 4 heterocycles. The minimum absolute atomic E-state index is 0.0465. The monoisotopic (exact) mass is 451 g/mol. The Hall–Kier alpha value is -3.25. The molecule has 0 saturated carbocycles. The van der Waals surface area contributed by atoms with Crippen LogP contribution in [-0.4, -0.2) is 49.4 Å². The summed E-state index contributed by atoms with van der Waals surface area (Å²) in [6.07, 6.45) is 4.86. The van der Waals surface area contributed by atoms with Crippen LogP contribution in [0.3, 0.4) is 0 Å². The van der Waals surface area contributed by atoms with Crippen molar-refractivity contribution in [1.29, 1.82) is 5.26 Å². The van der Waals surface area contributed by atoms with Gasteiger partial charge in [-0.05, 0) is 31.9 Å². The highest BCUT2D eigenvalue weighted by Gasteiger charge is 2.36. The van der Waals surface area contributed by atoms with Crippen LogP contribution in [0, 0.1) is 17.1 Å². The minimum Gasteiger partial charge on any atom is -0.364 e. The van der Waals surface area contributed by atoms with E-state index < -0.39 is 0 Å². The summed E-state index contributed by atoms with van der Waals surface area (Å²) in [5.41, 5.74) is 3.04. The summed E-state index contributed by atoms with van der Waals surface area (Å²) in [6, 6.07) is 7.45. The van der Waals surface area contributed by atoms with Crippen molar-refractivity contribution in [2.75, 3.05) is 18.0 Å². The summed E-state index contributed by atoms with van der Waals surface area (Å²) in [7, 11) is 1.73. The average Bonchev–Trinajstić information content (AvgIpc) is 3.25. The number of pyridine rings is 2. The molecule has 3 aromatic rings. The van der Waals surface area contributed by atoms with Crippen LogP contribution in [0.1, 0.15) is 45.3 Å². The molecule has 3 atom stereocenters. The second-order valence-corrected chi connectivity index (χ2v) is 8.70. The van der Waals surface area contributed by atoms with Crippen LogP contribution in [0.4, 0.5) is 10.1 Å². The summed E-state index contributed by atoms with van der Waals surface area (Å²) < 4.78 is 16.6. The van der Waals surface area contributed by atoms with Crippen LogP contribution in [-0.2, 0) is 13.6 Å². The molecule has 1 fully saturated rings. The van der Waals surface area contributed by atoms with Gasteiger partial charge in [0.15, 0.2) is 0 Å². The standard InChI is InChI=1S/C24H30FN7O/c1-5-18-14-32(19(6-2)13-31(18)16(3)20-8-7-17(25)12-27-20)21-11-23(33)29(4)22-15-30(10-9-26)28-24(21)22/h7-8,11-12,15-16,18-19H,5-6,10,13-14H2,1-4H3/t16?,18-,19+/m1/s1. The lowest BCUT2D eigenvalue weighted by Gasteiger charge is -2.49. The van der Waals surface area contributed by atoms with Gasteiger partial charge in [0.25, 0.3) is 5.56 Å². The van der Waals surface area contributed by atoms with Crippen molar-refractivity contribution in [3.63, 3.8) is 0 Å². The largest absolute Gasteiger partial charge is 0.364 e. The maximum Gasteiger partial charge on any atom is 0.252 e. The Balaban J connectivity index is 1.72. The second kappa shape index (κ2) is 9.32. The molecule has 33 heavy (non-hydrogen) atoms. The van der Waals surface area contributed by atoms with Crippen molar-refractivity contribution >= 4 is 16.7 Å². The van der Waals surface area contributed by atoms with E-state index in [1.54, 1.807) is 34.6 Å². The first-order chi connectivity index (χ1) is 15.9. The summed E-state index contributed by atoms with van der Waals surface area (Å²) in [5.74, 6) is -0.334. The molecule has 3 aromatic heterocycles. The van der Waals surface area contributed by atoms with E-state index in [2.05, 4.69) is 46.7 Å². The van der Waals surface area contributed by atoms with Crippen LogP contribution in [0.2, 0.25) is 0 Å². The van der Waals surface area contributed by atoms with Crippen molar-refractivity contribution in [2.45, 2.75) is 58.3 Å². The number of nitriles is 1. The predicted molar refractivity (Wildman–Crippen MR) is 125 cm³/mol. The summed E-state index contributed by atoms with van der Waals surface area (Å²) >= 11 is 0. The highest BCUT2D eigenvalue weighted by Crippen LogP contribution is 2.33. The van der Waals surface area contributed by atoms with Gasteiger partial charge >= 0.3 is 0 Å². The Morgan fingerprint density at radius 2 is 2.00 bits per heavy atom. The first-order valence-electron chi connectivity index (χ1n) is 11.5. The third kappa shape index (κ3) is 4.23. The number of hydrogen-bond acceptors (Lipinski definition) is 6. The zero-order valence-corrected chi connectivity index (χ0v) is 19.6. The van der Waals surface area contributed by atoms with Crippen LogP contribution >= 0.6 is 0 Å². The Labute approximate surface area is 192 Å². The molecule has 1 unspecified atom stereocenters. The van der Waals surface area contributed by atoms with E-state index in [0.717, 1.165) is 48.3 Å². The van der Waals surface area contributed by atoms with Gasteiger partial charge in [-0.1, -0.05) is 13.8 Å². The van der Waals surface area contributed by atoms with Gasteiger partial charge in [-0.2, -0.15) is 10.4 Å². The maximum atomic E-state index is 13.4. The number of aromatic nitrogens is 4. The molecule has 0 N–H and O–H groups in total. The van der Waals surface area contributed by atoms with E-state index in [4.69, 9.17) is 5.26 Å². The number of fused-ring (bicyclic) bond motifs is 1. The molecule has 4 rings (SSSR count). The molecule has 1 saturated heterocycles. The van der Waals surface area contributed by atoms with Crippen molar-refractivity contribution in [1.82, 2.24) is 24.2 Å². The number of nitrogens with zero attached hydrogens (tertiary/aromatic N) is 7. The Morgan fingerprint density at radius 1 is 1.24 bits per heavy atom. The van der Waals surface area contributed by atoms with Crippen molar-refractivity contribution in [3.8, 4) is 6.07 Å². The number of aryl methyl sites for hydroxylation is 1. The van der Waals surface area contributed by atoms with Gasteiger partial charge in [0.2, 0.25) is 0 Å². The van der Waals surface area contributed by atoms with Gasteiger partial charge in [0.05, 0.1) is 35.4 Å². The molecule has 0 aliphatic carbocycles. The van der Waals surface area contributed by atoms with E-state index in [1.807, 2.05) is 0 Å². The van der Waals surface area contributed by atoms with Gasteiger partial charge < -0.3 is 9.47 Å². The molecular formula is C24H30FN7O. The lowest BCUT2D eigenvalue weighted by atomic mass is 9.98. The summed E-state index contributed by atoms with van der Waals surface area (Å²) in [4.78, 5) is 21.8. The fourth-order valence-corrected chi connectivity index (χ4v) is 4.87. The number of rotatable bonds is 6. The van der Waals surface area contributed by atoms with E-state index >= 15 is 0 Å². The van der Waals surface area contributed by atoms with Gasteiger partial charge in [-0.3, -0.25) is 19.4 Å². The van der Waals surface area contributed by atoms with E-state index in [1.165, 1.54) is 12.3 Å². The lowest BCUT2D eigenvalue weighted by molar-refractivity contribution is 0.0991. The first-order valence-corrected chi connectivity index (χ1v) is 11.5. The molecule has 8 nitrogen and oxygen atoms in total. The molecule has 1 aliphatic rings. The Kier molecular flexibility index (Phi) is 6.47. The smallest absolute Gasteiger partial charge is 0.252 e. The van der Waals surface area contributed by atoms with Gasteiger partial charge in [0.1, 0.15) is 17.9 Å². The normalized spacial score (nSPS) is 20.2. The molecule has 0 aromatic carbocycles. The zero-order valence-electron chi connectivity index (χ0n) is 19.6. The van der Waals surface area contributed by atoms with Gasteiger partial charge in [0, 0.05) is 44.3 Å². The van der Waals surface area contributed by atoms with Crippen molar-refractivity contribution in [2.24, 2.45) is 7.05 Å². The average molecular weight is 452 g/mol. The number of hydrogen-bond donors (Lipinski definition) is 0. The van der Waals surface area contributed by atoms with E-state index in [9.17, 15) is 9.18 Å². The van der Waals surface area contributed by atoms with E-state index in [-0.39, 0.29) is 36.0 Å². The third-order valence-corrected chi connectivity index (χ3v) is 6.84. The van der Waals surface area contributed by atoms with Gasteiger partial charge in [-0.25, -0.2) is 4.39 Å². The van der Waals surface area contributed by atoms with Crippen LogP contribution in [0.25, 0.3) is 11.0 Å². The molecule has 9 heteroatoms. The van der Waals surface area contributed by atoms with Crippen LogP contribution in [0.15, 0.2) is 35.4 Å². The number of piperazine rings is 1. The molecule has 174 valence electrons. The molecule has 0 radical (unpaired) electrons. The maximum absolute atomic E-state index is 13.4. The Bertz CT molecular complexity index is 1230. The summed E-state index contributed by atoms with van der Waals surface area (Å²) in [5, 5.41) is 13.7.